The Labute approximate surface area is 185 Å². The maximum Gasteiger partial charge on any atom is 0.170 e. The van der Waals surface area contributed by atoms with Crippen LogP contribution in [0.3, 0.4) is 0 Å². The number of benzene rings is 1. The van der Waals surface area contributed by atoms with Gasteiger partial charge in [0, 0.05) is 49.4 Å². The predicted molar refractivity (Wildman–Crippen MR) is 126 cm³/mol. The summed E-state index contributed by atoms with van der Waals surface area (Å²) in [7, 11) is 2.15. The molecular formula is C24H33N5S. The molecule has 30 heavy (non-hydrogen) atoms. The molecule has 4 atom stereocenters. The van der Waals surface area contributed by atoms with Crippen LogP contribution in [0.4, 0.5) is 5.69 Å². The minimum absolute atomic E-state index is 0.568. The van der Waals surface area contributed by atoms with Gasteiger partial charge in [-0.15, -0.1) is 0 Å². The van der Waals surface area contributed by atoms with Crippen LogP contribution in [-0.2, 0) is 7.05 Å². The van der Waals surface area contributed by atoms with Gasteiger partial charge in [-0.25, -0.2) is 0 Å². The van der Waals surface area contributed by atoms with Crippen molar-refractivity contribution in [3.8, 4) is 0 Å². The lowest BCUT2D eigenvalue weighted by Gasteiger charge is -2.50. The van der Waals surface area contributed by atoms with Crippen LogP contribution in [0.1, 0.15) is 61.7 Å². The van der Waals surface area contributed by atoms with Crippen molar-refractivity contribution in [2.45, 2.75) is 56.4 Å². The minimum atomic E-state index is 0.568. The molecule has 1 saturated carbocycles. The zero-order valence-electron chi connectivity index (χ0n) is 17.9. The molecule has 2 N–H and O–H groups in total. The molecule has 2 aromatic rings. The highest BCUT2D eigenvalue weighted by atomic mass is 32.1. The van der Waals surface area contributed by atoms with Gasteiger partial charge in [0.1, 0.15) is 0 Å². The molecule has 160 valence electrons. The van der Waals surface area contributed by atoms with Gasteiger partial charge in [0.05, 0.1) is 5.69 Å². The summed E-state index contributed by atoms with van der Waals surface area (Å²) in [5.74, 6) is 2.07. The number of fused-ring (bicyclic) bond motifs is 3. The Morgan fingerprint density at radius 2 is 1.97 bits per heavy atom. The Balaban J connectivity index is 1.19. The topological polar surface area (TPSA) is 45.1 Å². The van der Waals surface area contributed by atoms with E-state index >= 15 is 0 Å². The van der Waals surface area contributed by atoms with Crippen molar-refractivity contribution in [3.63, 3.8) is 0 Å². The zero-order chi connectivity index (χ0) is 20.5. The number of para-hydroxylation sites is 1. The van der Waals surface area contributed by atoms with Gasteiger partial charge in [-0.3, -0.25) is 9.58 Å². The lowest BCUT2D eigenvalue weighted by atomic mass is 9.74. The highest BCUT2D eigenvalue weighted by molar-refractivity contribution is 7.80. The number of rotatable bonds is 5. The first kappa shape index (κ1) is 20.0. The first-order valence-corrected chi connectivity index (χ1v) is 12.0. The predicted octanol–water partition coefficient (Wildman–Crippen LogP) is 4.24. The molecule has 1 aromatic heterocycles. The van der Waals surface area contributed by atoms with Gasteiger partial charge in [0.15, 0.2) is 5.11 Å². The van der Waals surface area contributed by atoms with E-state index in [-0.39, 0.29) is 0 Å². The van der Waals surface area contributed by atoms with E-state index in [4.69, 9.17) is 17.3 Å². The van der Waals surface area contributed by atoms with E-state index in [1.165, 1.54) is 56.5 Å². The number of hydrogen-bond donors (Lipinski definition) is 2. The molecule has 3 aliphatic heterocycles. The molecule has 6 heteroatoms. The third-order valence-electron chi connectivity index (χ3n) is 7.50. The van der Waals surface area contributed by atoms with Gasteiger partial charge >= 0.3 is 0 Å². The number of aryl methyl sites for hydroxylation is 1. The fourth-order valence-corrected chi connectivity index (χ4v) is 6.07. The van der Waals surface area contributed by atoms with Crippen LogP contribution in [0.25, 0.3) is 0 Å². The number of nitrogens with one attached hydrogen (secondary N) is 2. The van der Waals surface area contributed by atoms with Crippen molar-refractivity contribution in [3.05, 3.63) is 47.8 Å². The Bertz CT molecular complexity index is 873. The minimum Gasteiger partial charge on any atom is -0.361 e. The van der Waals surface area contributed by atoms with E-state index in [0.717, 1.165) is 24.7 Å². The molecule has 0 amide bonds. The number of piperidine rings is 3. The molecule has 2 bridgehead atoms. The largest absolute Gasteiger partial charge is 0.361 e. The van der Waals surface area contributed by atoms with Gasteiger partial charge in [-0.1, -0.05) is 31.0 Å². The standard InChI is InChI=1S/C24H33N5S/c1-28-23(14-22(27-28)17-7-5-6-8-17)21-16-29-12-11-18(21)13-20(29)15-25-24(30)26-19-9-3-2-4-10-19/h2-4,9-10,14,17-18,20-21H,5-8,11-13,15-16H2,1H3,(H2,25,26,30)/t18-,20+,21-/m0/s1. The fourth-order valence-electron chi connectivity index (χ4n) is 5.87. The molecule has 4 heterocycles. The molecule has 4 aliphatic rings. The summed E-state index contributed by atoms with van der Waals surface area (Å²) in [6.07, 6.45) is 7.92. The van der Waals surface area contributed by atoms with Crippen LogP contribution < -0.4 is 10.6 Å². The average Bonchev–Trinajstić information content (AvgIpc) is 3.43. The molecule has 5 nitrogen and oxygen atoms in total. The molecule has 3 saturated heterocycles. The zero-order valence-corrected chi connectivity index (χ0v) is 18.7. The van der Waals surface area contributed by atoms with Crippen LogP contribution in [0.15, 0.2) is 36.4 Å². The summed E-state index contributed by atoms with van der Waals surface area (Å²) in [6.45, 7) is 3.28. The van der Waals surface area contributed by atoms with Crippen LogP contribution in [-0.4, -0.2) is 45.5 Å². The van der Waals surface area contributed by atoms with Crippen molar-refractivity contribution in [2.75, 3.05) is 25.0 Å². The van der Waals surface area contributed by atoms with Crippen molar-refractivity contribution in [2.24, 2.45) is 13.0 Å². The number of nitrogens with zero attached hydrogens (tertiary/aromatic N) is 3. The van der Waals surface area contributed by atoms with Crippen LogP contribution in [0, 0.1) is 5.92 Å². The summed E-state index contributed by atoms with van der Waals surface area (Å²) in [6, 6.07) is 13.1. The van der Waals surface area contributed by atoms with E-state index < -0.39 is 0 Å². The first-order valence-electron chi connectivity index (χ1n) is 11.5. The quantitative estimate of drug-likeness (QED) is 0.704. The normalized spacial score (nSPS) is 28.6. The summed E-state index contributed by atoms with van der Waals surface area (Å²) in [5.41, 5.74) is 3.84. The van der Waals surface area contributed by atoms with Gasteiger partial charge < -0.3 is 10.6 Å². The Kier molecular flexibility index (Phi) is 5.79. The second-order valence-electron chi connectivity index (χ2n) is 9.34. The average molecular weight is 424 g/mol. The summed E-state index contributed by atoms with van der Waals surface area (Å²) < 4.78 is 2.19. The van der Waals surface area contributed by atoms with Gasteiger partial charge in [-0.05, 0) is 68.6 Å². The Morgan fingerprint density at radius 1 is 1.17 bits per heavy atom. The molecule has 4 fully saturated rings. The van der Waals surface area contributed by atoms with E-state index in [0.29, 0.717) is 23.0 Å². The van der Waals surface area contributed by atoms with Gasteiger partial charge in [-0.2, -0.15) is 5.10 Å². The molecule has 1 aromatic carbocycles. The van der Waals surface area contributed by atoms with Crippen LogP contribution in [0.5, 0.6) is 0 Å². The maximum absolute atomic E-state index is 5.51. The second-order valence-corrected chi connectivity index (χ2v) is 9.75. The van der Waals surface area contributed by atoms with Gasteiger partial charge in [0.2, 0.25) is 0 Å². The van der Waals surface area contributed by atoms with E-state index in [2.05, 4.69) is 33.3 Å². The molecule has 0 spiro atoms. The van der Waals surface area contributed by atoms with Crippen molar-refractivity contribution >= 4 is 23.0 Å². The molecule has 1 unspecified atom stereocenters. The van der Waals surface area contributed by atoms with E-state index in [1.807, 2.05) is 30.3 Å². The summed E-state index contributed by atoms with van der Waals surface area (Å²) in [4.78, 5) is 2.67. The molecule has 6 rings (SSSR count). The van der Waals surface area contributed by atoms with Gasteiger partial charge in [0.25, 0.3) is 0 Å². The lowest BCUT2D eigenvalue weighted by Crippen LogP contribution is -2.56. The molecule has 1 aliphatic carbocycles. The first-order chi connectivity index (χ1) is 14.7. The SMILES string of the molecule is Cn1nc(C2CCCC2)cc1[C@H]1CN2CC[C@H]1C[C@@H]2CNC(=S)Nc1ccccc1. The van der Waals surface area contributed by atoms with Crippen molar-refractivity contribution < 1.29 is 0 Å². The number of anilines is 1. The van der Waals surface area contributed by atoms with Crippen LogP contribution >= 0.6 is 12.2 Å². The van der Waals surface area contributed by atoms with Crippen LogP contribution in [0.2, 0.25) is 0 Å². The lowest BCUT2D eigenvalue weighted by molar-refractivity contribution is 0.0303. The second kappa shape index (κ2) is 8.67. The summed E-state index contributed by atoms with van der Waals surface area (Å²) >= 11 is 5.51. The number of hydrogen-bond acceptors (Lipinski definition) is 3. The molecule has 0 radical (unpaired) electrons. The highest BCUT2D eigenvalue weighted by Gasteiger charge is 2.42. The number of thiocarbonyl (C=S) groups is 1. The number of aromatic nitrogens is 2. The highest BCUT2D eigenvalue weighted by Crippen LogP contribution is 2.43. The fraction of sp³-hybridized carbons (Fsp3) is 0.583. The third kappa shape index (κ3) is 4.12. The summed E-state index contributed by atoms with van der Waals surface area (Å²) in [5, 5.41) is 12.4. The monoisotopic (exact) mass is 423 g/mol. The smallest absolute Gasteiger partial charge is 0.170 e. The Hall–Kier alpha value is -1.92. The third-order valence-corrected chi connectivity index (χ3v) is 7.74. The Morgan fingerprint density at radius 3 is 2.70 bits per heavy atom. The van der Waals surface area contributed by atoms with Crippen molar-refractivity contribution in [1.29, 1.82) is 0 Å². The van der Waals surface area contributed by atoms with Crippen molar-refractivity contribution in [1.82, 2.24) is 20.0 Å². The molecular weight excluding hydrogens is 390 g/mol. The van der Waals surface area contributed by atoms with E-state index in [9.17, 15) is 0 Å². The maximum atomic E-state index is 5.51. The van der Waals surface area contributed by atoms with E-state index in [1.54, 1.807) is 0 Å².